The lowest BCUT2D eigenvalue weighted by Crippen LogP contribution is -2.46. The van der Waals surface area contributed by atoms with Gasteiger partial charge in [0.25, 0.3) is 5.89 Å². The lowest BCUT2D eigenvalue weighted by Gasteiger charge is -2.35. The molecule has 2 amide bonds. The summed E-state index contributed by atoms with van der Waals surface area (Å²) in [6.45, 7) is 9.99. The van der Waals surface area contributed by atoms with Gasteiger partial charge in [0, 0.05) is 11.3 Å². The summed E-state index contributed by atoms with van der Waals surface area (Å²) in [4.78, 5) is 19.8. The molecule has 0 saturated carbocycles. The van der Waals surface area contributed by atoms with Crippen LogP contribution in [0.4, 0.5) is 14.9 Å². The maximum atomic E-state index is 13.5. The predicted molar refractivity (Wildman–Crippen MR) is 138 cm³/mol. The maximum absolute atomic E-state index is 13.5. The molecule has 6 nitrogen and oxygen atoms in total. The Hall–Kier alpha value is -4.26. The van der Waals surface area contributed by atoms with Gasteiger partial charge in [0.1, 0.15) is 5.82 Å². The molecule has 2 heterocycles. The highest BCUT2D eigenvalue weighted by atomic mass is 19.1. The second-order valence-corrected chi connectivity index (χ2v) is 9.34. The average Bonchev–Trinajstić information content (AvgIpc) is 3.30. The molecule has 5 rings (SSSR count). The molecule has 0 spiro atoms. The van der Waals surface area contributed by atoms with Gasteiger partial charge in [0.05, 0.1) is 17.3 Å². The summed E-state index contributed by atoms with van der Waals surface area (Å²) in [5.41, 5.74) is 8.11. The fraction of sp³-hybridized carbons (Fsp3) is 0.207. The molecular formula is C29H27FN4O2. The average molecular weight is 483 g/mol. The Bertz CT molecular complexity index is 1480. The van der Waals surface area contributed by atoms with Crippen molar-refractivity contribution in [1.29, 1.82) is 0 Å². The molecule has 0 saturated heterocycles. The Labute approximate surface area is 209 Å². The third-order valence-electron chi connectivity index (χ3n) is 6.57. The molecule has 0 fully saturated rings. The Morgan fingerprint density at radius 3 is 2.25 bits per heavy atom. The highest BCUT2D eigenvalue weighted by Gasteiger charge is 2.36. The minimum atomic E-state index is -0.486. The molecule has 4 aromatic rings. The van der Waals surface area contributed by atoms with Gasteiger partial charge in [-0.15, -0.1) is 0 Å². The number of aryl methyl sites for hydroxylation is 4. The predicted octanol–water partition coefficient (Wildman–Crippen LogP) is 6.81. The zero-order chi connectivity index (χ0) is 25.6. The molecule has 1 atom stereocenters. The van der Waals surface area contributed by atoms with Gasteiger partial charge in [-0.25, -0.2) is 9.18 Å². The van der Waals surface area contributed by atoms with Crippen LogP contribution in [0.15, 0.2) is 70.9 Å². The molecule has 7 heteroatoms. The first-order chi connectivity index (χ1) is 17.2. The Balaban J connectivity index is 1.68. The van der Waals surface area contributed by atoms with Crippen molar-refractivity contribution in [1.82, 2.24) is 15.5 Å². The fourth-order valence-corrected chi connectivity index (χ4v) is 4.65. The van der Waals surface area contributed by atoms with Gasteiger partial charge >= 0.3 is 6.03 Å². The summed E-state index contributed by atoms with van der Waals surface area (Å²) in [5.74, 6) is 0.304. The van der Waals surface area contributed by atoms with Crippen molar-refractivity contribution in [2.45, 2.75) is 40.7 Å². The van der Waals surface area contributed by atoms with Gasteiger partial charge in [0.15, 0.2) is 0 Å². The minimum Gasteiger partial charge on any atom is -0.334 e. The van der Waals surface area contributed by atoms with E-state index in [1.807, 2.05) is 52.0 Å². The number of amides is 2. The monoisotopic (exact) mass is 482 g/mol. The maximum Gasteiger partial charge on any atom is 0.326 e. The second kappa shape index (κ2) is 9.07. The van der Waals surface area contributed by atoms with Crippen LogP contribution in [0.2, 0.25) is 0 Å². The molecule has 36 heavy (non-hydrogen) atoms. The Morgan fingerprint density at radius 1 is 0.889 bits per heavy atom. The van der Waals surface area contributed by atoms with Crippen LogP contribution >= 0.6 is 0 Å². The lowest BCUT2D eigenvalue weighted by atomic mass is 9.92. The highest BCUT2D eigenvalue weighted by Crippen LogP contribution is 2.39. The largest absolute Gasteiger partial charge is 0.334 e. The van der Waals surface area contributed by atoms with E-state index in [-0.39, 0.29) is 11.8 Å². The first kappa shape index (κ1) is 23.5. The van der Waals surface area contributed by atoms with Gasteiger partial charge in [-0.2, -0.15) is 4.98 Å². The first-order valence-electron chi connectivity index (χ1n) is 11.8. The van der Waals surface area contributed by atoms with Crippen molar-refractivity contribution >= 4 is 17.3 Å². The number of rotatable bonds is 4. The number of hydrogen-bond acceptors (Lipinski definition) is 4. The van der Waals surface area contributed by atoms with Crippen molar-refractivity contribution in [3.63, 3.8) is 0 Å². The standard InChI is InChI=1S/C29H27FN4O2/c1-16-12-17(2)14-24(13-16)34-20(5)25(26(31-29(34)35)22-7-6-18(3)19(4)15-22)28-32-27(33-36-28)21-8-10-23(30)11-9-21/h6-15,26H,1-5H3,(H,31,35). The van der Waals surface area contributed by atoms with E-state index >= 15 is 0 Å². The van der Waals surface area contributed by atoms with Crippen molar-refractivity contribution in [3.8, 4) is 11.4 Å². The molecule has 1 aromatic heterocycles. The summed E-state index contributed by atoms with van der Waals surface area (Å²) in [6, 6.07) is 17.3. The van der Waals surface area contributed by atoms with Gasteiger partial charge in [0.2, 0.25) is 5.82 Å². The number of urea groups is 1. The second-order valence-electron chi connectivity index (χ2n) is 9.34. The summed E-state index contributed by atoms with van der Waals surface area (Å²) >= 11 is 0. The number of nitrogens with one attached hydrogen (secondary N) is 1. The van der Waals surface area contributed by atoms with Crippen LogP contribution < -0.4 is 10.2 Å². The van der Waals surface area contributed by atoms with Crippen molar-refractivity contribution in [3.05, 3.63) is 106 Å². The van der Waals surface area contributed by atoms with Crippen molar-refractivity contribution < 1.29 is 13.7 Å². The molecule has 1 unspecified atom stereocenters. The summed E-state index contributed by atoms with van der Waals surface area (Å²) in [5, 5.41) is 7.31. The zero-order valence-corrected chi connectivity index (χ0v) is 20.9. The third kappa shape index (κ3) is 4.28. The number of carbonyl (C=O) groups is 1. The van der Waals surface area contributed by atoms with Crippen molar-refractivity contribution in [2.75, 3.05) is 4.90 Å². The number of allylic oxidation sites excluding steroid dienone is 1. The topological polar surface area (TPSA) is 71.3 Å². The number of anilines is 1. The van der Waals surface area contributed by atoms with E-state index in [9.17, 15) is 9.18 Å². The molecule has 182 valence electrons. The number of halogens is 1. The van der Waals surface area contributed by atoms with Gasteiger partial charge in [-0.3, -0.25) is 4.90 Å². The molecule has 0 radical (unpaired) electrons. The van der Waals surface area contributed by atoms with E-state index in [2.05, 4.69) is 34.5 Å². The number of hydrogen-bond donors (Lipinski definition) is 1. The molecule has 1 aliphatic rings. The number of nitrogens with zero attached hydrogens (tertiary/aromatic N) is 3. The van der Waals surface area contributed by atoms with Gasteiger partial charge in [-0.05, 0) is 98.8 Å². The Kier molecular flexibility index (Phi) is 5.92. The summed E-state index contributed by atoms with van der Waals surface area (Å²) in [7, 11) is 0. The normalized spacial score (nSPS) is 15.9. The van der Waals surface area contributed by atoms with Crippen molar-refractivity contribution in [2.24, 2.45) is 0 Å². The lowest BCUT2D eigenvalue weighted by molar-refractivity contribution is 0.244. The van der Waals surface area contributed by atoms with E-state index in [0.717, 1.165) is 33.5 Å². The van der Waals surface area contributed by atoms with Crippen LogP contribution in [-0.2, 0) is 0 Å². The third-order valence-corrected chi connectivity index (χ3v) is 6.57. The molecule has 1 aliphatic heterocycles. The van der Waals surface area contributed by atoms with Crippen LogP contribution in [0, 0.1) is 33.5 Å². The molecular weight excluding hydrogens is 455 g/mol. The van der Waals surface area contributed by atoms with E-state index < -0.39 is 6.04 Å². The first-order valence-corrected chi connectivity index (χ1v) is 11.8. The smallest absolute Gasteiger partial charge is 0.326 e. The van der Waals surface area contributed by atoms with Gasteiger partial charge < -0.3 is 9.84 Å². The number of carbonyl (C=O) groups excluding carboxylic acids is 1. The Morgan fingerprint density at radius 2 is 1.58 bits per heavy atom. The summed E-state index contributed by atoms with van der Waals surface area (Å²) < 4.78 is 19.2. The minimum absolute atomic E-state index is 0.234. The van der Waals surface area contributed by atoms with E-state index in [0.29, 0.717) is 28.5 Å². The van der Waals surface area contributed by atoms with E-state index in [4.69, 9.17) is 4.52 Å². The van der Waals surface area contributed by atoms with Crippen LogP contribution in [0.1, 0.15) is 46.7 Å². The van der Waals surface area contributed by atoms with Crippen LogP contribution in [-0.4, -0.2) is 16.2 Å². The fourth-order valence-electron chi connectivity index (χ4n) is 4.65. The molecule has 0 bridgehead atoms. The van der Waals surface area contributed by atoms with E-state index in [1.165, 1.54) is 12.1 Å². The molecule has 3 aromatic carbocycles. The number of benzene rings is 3. The number of aromatic nitrogens is 2. The van der Waals surface area contributed by atoms with Crippen LogP contribution in [0.25, 0.3) is 17.0 Å². The molecule has 1 N–H and O–H groups in total. The van der Waals surface area contributed by atoms with Gasteiger partial charge in [-0.1, -0.05) is 29.4 Å². The highest BCUT2D eigenvalue weighted by molar-refractivity contribution is 6.01. The SMILES string of the molecule is CC1=C(c2nc(-c3ccc(F)cc3)no2)C(c2ccc(C)c(C)c2)NC(=O)N1c1cc(C)cc(C)c1. The molecule has 0 aliphatic carbocycles. The summed E-state index contributed by atoms with van der Waals surface area (Å²) in [6.07, 6.45) is 0. The van der Waals surface area contributed by atoms with Crippen LogP contribution in [0.5, 0.6) is 0 Å². The zero-order valence-electron chi connectivity index (χ0n) is 20.9. The van der Waals surface area contributed by atoms with E-state index in [1.54, 1.807) is 17.0 Å². The van der Waals surface area contributed by atoms with Crippen LogP contribution in [0.3, 0.4) is 0 Å². The quantitative estimate of drug-likeness (QED) is 0.347.